The van der Waals surface area contributed by atoms with Crippen LogP contribution < -0.4 is 9.47 Å². The first-order valence-electron chi connectivity index (χ1n) is 9.27. The Balaban J connectivity index is 2.16. The van der Waals surface area contributed by atoms with E-state index in [1.807, 2.05) is 43.3 Å². The minimum absolute atomic E-state index is 0.00870. The molecule has 27 heavy (non-hydrogen) atoms. The van der Waals surface area contributed by atoms with Crippen LogP contribution in [-0.2, 0) is 4.84 Å². The van der Waals surface area contributed by atoms with Gasteiger partial charge in [-0.2, -0.15) is 0 Å². The van der Waals surface area contributed by atoms with Gasteiger partial charge < -0.3 is 14.3 Å². The van der Waals surface area contributed by atoms with Gasteiger partial charge in [0.1, 0.15) is 31.3 Å². The Morgan fingerprint density at radius 2 is 1.74 bits per heavy atom. The number of nitrogens with zero attached hydrogens (tertiary/aromatic N) is 1. The fourth-order valence-corrected chi connectivity index (χ4v) is 2.86. The van der Waals surface area contributed by atoms with Crippen LogP contribution in [0.1, 0.15) is 48.6 Å². The van der Waals surface area contributed by atoms with Gasteiger partial charge in [-0.05, 0) is 61.6 Å². The predicted molar refractivity (Wildman–Crippen MR) is 111 cm³/mol. The van der Waals surface area contributed by atoms with Crippen molar-refractivity contribution in [3.8, 4) is 11.5 Å². The largest absolute Gasteiger partial charge is 0.490 e. The number of rotatable bonds is 9. The third-order valence-electron chi connectivity index (χ3n) is 4.26. The lowest BCUT2D eigenvalue weighted by Gasteiger charge is -2.22. The Kier molecular flexibility index (Phi) is 7.93. The summed E-state index contributed by atoms with van der Waals surface area (Å²) in [5.41, 5.74) is 4.28. The van der Waals surface area contributed by atoms with Crippen molar-refractivity contribution in [2.75, 3.05) is 13.7 Å². The van der Waals surface area contributed by atoms with Crippen LogP contribution in [-0.4, -0.2) is 19.9 Å². The molecule has 0 aliphatic heterocycles. The van der Waals surface area contributed by atoms with Crippen molar-refractivity contribution in [2.24, 2.45) is 5.16 Å². The Bertz CT molecular complexity index is 756. The molecule has 4 heteroatoms. The number of hydrogen-bond donors (Lipinski definition) is 0. The molecular weight excluding hydrogens is 338 g/mol. The second kappa shape index (κ2) is 10.4. The van der Waals surface area contributed by atoms with Crippen LogP contribution in [0.25, 0.3) is 0 Å². The number of oxime groups is 1. The van der Waals surface area contributed by atoms with Crippen LogP contribution in [0.3, 0.4) is 0 Å². The van der Waals surface area contributed by atoms with E-state index in [9.17, 15) is 0 Å². The number of aryl methyl sites for hydroxylation is 2. The number of benzene rings is 2. The maximum atomic E-state index is 6.39. The summed E-state index contributed by atoms with van der Waals surface area (Å²) >= 11 is 0. The monoisotopic (exact) mass is 367 g/mol. The summed E-state index contributed by atoms with van der Waals surface area (Å²) in [6.07, 6.45) is 6.53. The maximum Gasteiger partial charge on any atom is 0.126 e. The van der Waals surface area contributed by atoms with Gasteiger partial charge in [-0.25, -0.2) is 0 Å². The van der Waals surface area contributed by atoms with Gasteiger partial charge >= 0.3 is 0 Å². The van der Waals surface area contributed by atoms with Gasteiger partial charge in [0.05, 0.1) is 6.21 Å². The lowest BCUT2D eigenvalue weighted by Crippen LogP contribution is -2.09. The highest BCUT2D eigenvalue weighted by molar-refractivity contribution is 5.79. The fourth-order valence-electron chi connectivity index (χ4n) is 2.86. The zero-order valence-electron chi connectivity index (χ0n) is 16.9. The molecule has 4 nitrogen and oxygen atoms in total. The smallest absolute Gasteiger partial charge is 0.126 e. The summed E-state index contributed by atoms with van der Waals surface area (Å²) in [5, 5.41) is 3.79. The molecular formula is C23H29NO3. The van der Waals surface area contributed by atoms with Gasteiger partial charge in [0, 0.05) is 0 Å². The minimum atomic E-state index is -0.00870. The first-order chi connectivity index (χ1) is 13.1. The van der Waals surface area contributed by atoms with E-state index in [0.717, 1.165) is 40.2 Å². The van der Waals surface area contributed by atoms with Gasteiger partial charge in [-0.1, -0.05) is 48.5 Å². The van der Waals surface area contributed by atoms with Gasteiger partial charge in [0.25, 0.3) is 0 Å². The van der Waals surface area contributed by atoms with Gasteiger partial charge in [0.15, 0.2) is 0 Å². The number of allylic oxidation sites excluding steroid dienone is 1. The number of ether oxygens (including phenoxy) is 2. The molecule has 0 aromatic heterocycles. The molecule has 0 heterocycles. The average Bonchev–Trinajstić information content (AvgIpc) is 2.67. The molecule has 0 saturated heterocycles. The molecule has 2 aromatic carbocycles. The summed E-state index contributed by atoms with van der Waals surface area (Å²) in [5.74, 6) is 1.79. The van der Waals surface area contributed by atoms with Crippen molar-refractivity contribution in [1.29, 1.82) is 0 Å². The molecule has 0 aliphatic carbocycles. The Labute approximate surface area is 162 Å². The van der Waals surface area contributed by atoms with Crippen LogP contribution in [0.5, 0.6) is 11.5 Å². The topological polar surface area (TPSA) is 40.0 Å². The van der Waals surface area contributed by atoms with E-state index in [2.05, 4.69) is 38.1 Å². The van der Waals surface area contributed by atoms with Crippen LogP contribution >= 0.6 is 0 Å². The average molecular weight is 367 g/mol. The molecule has 0 spiro atoms. The molecule has 1 unspecified atom stereocenters. The molecule has 2 rings (SSSR count). The molecule has 1 atom stereocenters. The summed E-state index contributed by atoms with van der Waals surface area (Å²) in [4.78, 5) is 4.72. The summed E-state index contributed by atoms with van der Waals surface area (Å²) in [6, 6.07) is 12.2. The van der Waals surface area contributed by atoms with Crippen LogP contribution in [0.4, 0.5) is 0 Å². The molecule has 2 aromatic rings. The fraction of sp³-hybridized carbons (Fsp3) is 0.348. The minimum Gasteiger partial charge on any atom is -0.490 e. The molecule has 0 fully saturated rings. The van der Waals surface area contributed by atoms with Crippen molar-refractivity contribution in [1.82, 2.24) is 0 Å². The summed E-state index contributed by atoms with van der Waals surface area (Å²) in [7, 11) is 1.54. The van der Waals surface area contributed by atoms with E-state index < -0.39 is 0 Å². The normalized spacial score (nSPS) is 12.5. The summed E-state index contributed by atoms with van der Waals surface area (Å²) < 4.78 is 12.1. The van der Waals surface area contributed by atoms with Crippen molar-refractivity contribution >= 4 is 6.21 Å². The van der Waals surface area contributed by atoms with Crippen molar-refractivity contribution in [3.63, 3.8) is 0 Å². The highest BCUT2D eigenvalue weighted by Crippen LogP contribution is 2.33. The highest BCUT2D eigenvalue weighted by Gasteiger charge is 2.15. The van der Waals surface area contributed by atoms with E-state index >= 15 is 0 Å². The molecule has 0 aliphatic rings. The molecule has 0 amide bonds. The van der Waals surface area contributed by atoms with Gasteiger partial charge in [-0.3, -0.25) is 0 Å². The van der Waals surface area contributed by atoms with Crippen LogP contribution in [0, 0.1) is 13.8 Å². The van der Waals surface area contributed by atoms with E-state index in [0.29, 0.717) is 6.61 Å². The van der Waals surface area contributed by atoms with Gasteiger partial charge in [-0.15, -0.1) is 0 Å². The SMILES string of the molecule is C/C=C/COc1cc(C)c(OC(CC)c2ccc(C=NOC)cc2)c(C)c1. The third kappa shape index (κ3) is 5.88. The predicted octanol–water partition coefficient (Wildman–Crippen LogP) is 5.77. The van der Waals surface area contributed by atoms with E-state index in [4.69, 9.17) is 14.3 Å². The Hall–Kier alpha value is -2.75. The van der Waals surface area contributed by atoms with Crippen LogP contribution in [0.2, 0.25) is 0 Å². The molecule has 0 saturated carbocycles. The van der Waals surface area contributed by atoms with Crippen molar-refractivity contribution in [2.45, 2.75) is 40.2 Å². The van der Waals surface area contributed by atoms with Gasteiger partial charge in [0.2, 0.25) is 0 Å². The van der Waals surface area contributed by atoms with Crippen molar-refractivity contribution < 1.29 is 14.3 Å². The quantitative estimate of drug-likeness (QED) is 0.321. The van der Waals surface area contributed by atoms with Crippen LogP contribution in [0.15, 0.2) is 53.7 Å². The lowest BCUT2D eigenvalue weighted by molar-refractivity contribution is 0.198. The van der Waals surface area contributed by atoms with E-state index in [1.165, 1.54) is 7.11 Å². The third-order valence-corrected chi connectivity index (χ3v) is 4.26. The lowest BCUT2D eigenvalue weighted by atomic mass is 10.0. The zero-order chi connectivity index (χ0) is 19.6. The first kappa shape index (κ1) is 20.6. The molecule has 144 valence electrons. The van der Waals surface area contributed by atoms with E-state index in [1.54, 1.807) is 6.21 Å². The number of hydrogen-bond acceptors (Lipinski definition) is 4. The molecule has 0 radical (unpaired) electrons. The highest BCUT2D eigenvalue weighted by atomic mass is 16.6. The van der Waals surface area contributed by atoms with Crippen molar-refractivity contribution in [3.05, 3.63) is 70.8 Å². The zero-order valence-corrected chi connectivity index (χ0v) is 16.9. The summed E-state index contributed by atoms with van der Waals surface area (Å²) in [6.45, 7) is 8.80. The first-order valence-corrected chi connectivity index (χ1v) is 9.27. The standard InChI is InChI=1S/C23H29NO3/c1-6-8-13-26-21-14-17(3)23(18(4)15-21)27-22(7-2)20-11-9-19(10-12-20)16-24-25-5/h6,8-12,14-16,22H,7,13H2,1-5H3/b8-6+,24-16?. The Morgan fingerprint density at radius 3 is 2.30 bits per heavy atom. The molecule has 0 N–H and O–H groups in total. The second-order valence-electron chi connectivity index (χ2n) is 6.36. The second-order valence-corrected chi connectivity index (χ2v) is 6.36. The molecule has 0 bridgehead atoms. The van der Waals surface area contributed by atoms with E-state index in [-0.39, 0.29) is 6.10 Å². The Morgan fingerprint density at radius 1 is 1.07 bits per heavy atom. The maximum absolute atomic E-state index is 6.39.